The maximum atomic E-state index is 12.2. The number of aliphatic hydroxyl groups excluding tert-OH is 1. The van der Waals surface area contributed by atoms with Crippen molar-refractivity contribution in [2.75, 3.05) is 0 Å². The van der Waals surface area contributed by atoms with Gasteiger partial charge in [-0.15, -0.1) is 40.5 Å². The normalized spacial score (nSPS) is 12.5. The Morgan fingerprint density at radius 2 is 1.47 bits per heavy atom. The van der Waals surface area contributed by atoms with E-state index in [1.54, 1.807) is 17.7 Å². The molecule has 7 heteroatoms. The SMILES string of the molecule is CC(C)Cc1nc(-c2cc(-c3[c-]c4ccccc4c(C(C)(C)C)c3)ncn2)cc2sccc12.CCC(C)(CC)C(=O)/C=C(\O)C(C)(CC)CC.[Ir]. The van der Waals surface area contributed by atoms with Gasteiger partial charge in [-0.2, -0.15) is 0 Å². The number of hydrogen-bond donors (Lipinski definition) is 1. The molecule has 0 saturated carbocycles. The summed E-state index contributed by atoms with van der Waals surface area (Å²) >= 11 is 1.75. The van der Waals surface area contributed by atoms with Crippen molar-refractivity contribution in [2.45, 2.75) is 114 Å². The molecule has 275 valence electrons. The number of hydrogen-bond acceptors (Lipinski definition) is 6. The van der Waals surface area contributed by atoms with Gasteiger partial charge in [-0.1, -0.05) is 105 Å². The molecule has 1 radical (unpaired) electrons. The average Bonchev–Trinajstić information content (AvgIpc) is 3.59. The summed E-state index contributed by atoms with van der Waals surface area (Å²) in [6, 6.07) is 20.7. The van der Waals surface area contributed by atoms with Gasteiger partial charge in [-0.25, -0.2) is 4.98 Å². The number of thiophene rings is 1. The van der Waals surface area contributed by atoms with Gasteiger partial charge in [-0.3, -0.25) is 14.8 Å². The zero-order chi connectivity index (χ0) is 36.9. The third kappa shape index (κ3) is 9.80. The zero-order valence-electron chi connectivity index (χ0n) is 32.4. The van der Waals surface area contributed by atoms with Crippen molar-refractivity contribution in [3.05, 3.63) is 89.4 Å². The van der Waals surface area contributed by atoms with Crippen LogP contribution in [0.3, 0.4) is 0 Å². The molecule has 2 aromatic carbocycles. The first-order chi connectivity index (χ1) is 23.6. The van der Waals surface area contributed by atoms with E-state index in [4.69, 9.17) is 4.98 Å². The fourth-order valence-corrected chi connectivity index (χ4v) is 6.87. The maximum absolute atomic E-state index is 12.2. The Labute approximate surface area is 323 Å². The maximum Gasteiger partial charge on any atom is 0.164 e. The van der Waals surface area contributed by atoms with E-state index in [0.29, 0.717) is 5.92 Å². The number of pyridine rings is 1. The third-order valence-corrected chi connectivity index (χ3v) is 11.4. The number of benzene rings is 2. The standard InChI is InChI=1S/C29H28N3S.C15H28O2.Ir/c1-18(2)12-25-22-10-11-33-28(22)16-27(32-25)26-15-24(30-17-31-26)20-13-19-8-6-7-9-21(19)23(14-20)29(3,4)5;1-7-14(5,8-2)12(16)11-13(17)15(6,9-3)10-4;/h6-11,14-18H,12H2,1-5H3;11,16H,7-10H2,1-6H3;/q-1;;/b;12-11-;. The van der Waals surface area contributed by atoms with Crippen LogP contribution in [0.15, 0.2) is 72.1 Å². The Morgan fingerprint density at radius 1 is 0.843 bits per heavy atom. The molecule has 0 aliphatic rings. The van der Waals surface area contributed by atoms with E-state index in [0.717, 1.165) is 65.8 Å². The van der Waals surface area contributed by atoms with Gasteiger partial charge in [0.1, 0.15) is 12.1 Å². The molecule has 0 aliphatic carbocycles. The Bertz CT molecular complexity index is 1960. The number of aliphatic hydroxyl groups is 1. The van der Waals surface area contributed by atoms with Crippen molar-refractivity contribution in [3.63, 3.8) is 0 Å². The van der Waals surface area contributed by atoms with E-state index in [1.165, 1.54) is 27.1 Å². The number of carbonyl (C=O) groups excluding carboxylic acids is 1. The monoisotopic (exact) mass is 883 g/mol. The van der Waals surface area contributed by atoms with E-state index in [-0.39, 0.29) is 47.9 Å². The second-order valence-electron chi connectivity index (χ2n) is 15.5. The number of allylic oxidation sites excluding steroid dienone is 2. The van der Waals surface area contributed by atoms with Crippen LogP contribution >= 0.6 is 11.3 Å². The molecule has 3 heterocycles. The van der Waals surface area contributed by atoms with Gasteiger partial charge in [0.2, 0.25) is 0 Å². The van der Waals surface area contributed by atoms with Crippen molar-refractivity contribution in [2.24, 2.45) is 16.7 Å². The van der Waals surface area contributed by atoms with Crippen LogP contribution in [0.5, 0.6) is 0 Å². The van der Waals surface area contributed by atoms with Crippen molar-refractivity contribution >= 4 is 38.0 Å². The van der Waals surface area contributed by atoms with E-state index >= 15 is 0 Å². The molecule has 1 N–H and O–H groups in total. The summed E-state index contributed by atoms with van der Waals surface area (Å²) in [6.07, 6.45) is 7.35. The summed E-state index contributed by atoms with van der Waals surface area (Å²) in [5.74, 6) is 0.827. The number of aromatic nitrogens is 3. The fraction of sp³-hybridized carbons (Fsp3) is 0.455. The summed E-state index contributed by atoms with van der Waals surface area (Å²) in [6.45, 7) is 23.3. The quantitative estimate of drug-likeness (QED) is 0.0812. The molecule has 5 rings (SSSR count). The van der Waals surface area contributed by atoms with Crippen LogP contribution in [0.4, 0.5) is 0 Å². The molecule has 5 nitrogen and oxygen atoms in total. The molecule has 0 saturated heterocycles. The molecule has 0 atom stereocenters. The van der Waals surface area contributed by atoms with Crippen LogP contribution in [0, 0.1) is 22.8 Å². The largest absolute Gasteiger partial charge is 0.512 e. The molecule has 3 aromatic heterocycles. The minimum absolute atomic E-state index is 0. The first-order valence-electron chi connectivity index (χ1n) is 18.2. The van der Waals surface area contributed by atoms with E-state index in [1.807, 2.05) is 47.6 Å². The number of fused-ring (bicyclic) bond motifs is 2. The van der Waals surface area contributed by atoms with Crippen molar-refractivity contribution < 1.29 is 30.0 Å². The summed E-state index contributed by atoms with van der Waals surface area (Å²) < 4.78 is 1.25. The van der Waals surface area contributed by atoms with Crippen LogP contribution in [0.2, 0.25) is 0 Å². The molecule has 0 spiro atoms. The van der Waals surface area contributed by atoms with Gasteiger partial charge in [0.15, 0.2) is 5.78 Å². The van der Waals surface area contributed by atoms with E-state index in [2.05, 4.69) is 98.5 Å². The summed E-state index contributed by atoms with van der Waals surface area (Å²) in [5, 5.41) is 15.9. The Balaban J connectivity index is 0.000000335. The van der Waals surface area contributed by atoms with E-state index in [9.17, 15) is 9.90 Å². The first-order valence-corrected chi connectivity index (χ1v) is 19.1. The minimum atomic E-state index is -0.337. The molecule has 0 amide bonds. The van der Waals surface area contributed by atoms with E-state index < -0.39 is 0 Å². The predicted octanol–water partition coefficient (Wildman–Crippen LogP) is 12.5. The second-order valence-corrected chi connectivity index (χ2v) is 16.4. The molecule has 0 bridgehead atoms. The zero-order valence-corrected chi connectivity index (χ0v) is 35.6. The number of rotatable bonds is 11. The van der Waals surface area contributed by atoms with Crippen LogP contribution in [-0.2, 0) is 36.7 Å². The molecule has 0 fully saturated rings. The van der Waals surface area contributed by atoms with Gasteiger partial charge in [0, 0.05) is 52.8 Å². The van der Waals surface area contributed by atoms with Crippen LogP contribution < -0.4 is 0 Å². The van der Waals surface area contributed by atoms with Crippen LogP contribution in [-0.4, -0.2) is 25.8 Å². The molecular formula is C44H56IrN3O2S-. The van der Waals surface area contributed by atoms with Crippen molar-refractivity contribution in [3.8, 4) is 22.6 Å². The average molecular weight is 883 g/mol. The van der Waals surface area contributed by atoms with Gasteiger partial charge >= 0.3 is 0 Å². The summed E-state index contributed by atoms with van der Waals surface area (Å²) in [7, 11) is 0. The summed E-state index contributed by atoms with van der Waals surface area (Å²) in [4.78, 5) is 26.4. The van der Waals surface area contributed by atoms with Gasteiger partial charge in [0.25, 0.3) is 0 Å². The number of ketones is 1. The van der Waals surface area contributed by atoms with Crippen molar-refractivity contribution in [1.29, 1.82) is 0 Å². The van der Waals surface area contributed by atoms with Gasteiger partial charge in [-0.05, 0) is 67.0 Å². The van der Waals surface area contributed by atoms with Crippen molar-refractivity contribution in [1.82, 2.24) is 15.0 Å². The molecular weight excluding hydrogens is 827 g/mol. The van der Waals surface area contributed by atoms with Gasteiger partial charge < -0.3 is 5.11 Å². The predicted molar refractivity (Wildman–Crippen MR) is 213 cm³/mol. The summed E-state index contributed by atoms with van der Waals surface area (Å²) in [5.41, 5.74) is 5.46. The van der Waals surface area contributed by atoms with Crippen LogP contribution in [0.25, 0.3) is 43.5 Å². The van der Waals surface area contributed by atoms with Gasteiger partial charge in [0.05, 0.1) is 17.1 Å². The topological polar surface area (TPSA) is 76.0 Å². The molecule has 0 aliphatic heterocycles. The number of carbonyl (C=O) groups is 1. The minimum Gasteiger partial charge on any atom is -0.512 e. The Hall–Kier alpha value is -3.25. The second kappa shape index (κ2) is 17.5. The number of nitrogens with zero attached hydrogens (tertiary/aromatic N) is 3. The van der Waals surface area contributed by atoms with Crippen LogP contribution in [0.1, 0.15) is 113 Å². The molecule has 51 heavy (non-hydrogen) atoms. The smallest absolute Gasteiger partial charge is 0.164 e. The first kappa shape index (κ1) is 42.2. The molecule has 5 aromatic rings. The molecule has 0 unspecified atom stereocenters. The Kier molecular flexibility index (Phi) is 14.5. The fourth-order valence-electron chi connectivity index (χ4n) is 6.02. The Morgan fingerprint density at radius 3 is 2.08 bits per heavy atom. The third-order valence-electron chi connectivity index (χ3n) is 10.5.